The third-order valence-electron chi connectivity index (χ3n) is 2.78. The Bertz CT molecular complexity index is 511. The molecule has 1 unspecified atom stereocenters. The predicted octanol–water partition coefficient (Wildman–Crippen LogP) is 4.06. The fourth-order valence-corrected chi connectivity index (χ4v) is 2.10. The van der Waals surface area contributed by atoms with Gasteiger partial charge in [0.05, 0.1) is 6.61 Å². The summed E-state index contributed by atoms with van der Waals surface area (Å²) in [4.78, 5) is 0. The first-order valence-electron chi connectivity index (χ1n) is 5.93. The van der Waals surface area contributed by atoms with E-state index in [1.807, 2.05) is 30.3 Å². The van der Waals surface area contributed by atoms with Gasteiger partial charge in [0.25, 0.3) is 0 Å². The van der Waals surface area contributed by atoms with Crippen molar-refractivity contribution in [2.45, 2.75) is 5.92 Å². The molecule has 0 aliphatic carbocycles. The third-order valence-corrected chi connectivity index (χ3v) is 3.22. The standard InChI is InChI=1S/C15H14F2OS/c16-13-6-14(17)8-15(7-13)18-9-12(10-19)11-4-2-1-3-5-11/h1-8,12,19H,9-10H2. The van der Waals surface area contributed by atoms with Crippen molar-refractivity contribution in [1.82, 2.24) is 0 Å². The van der Waals surface area contributed by atoms with Crippen molar-refractivity contribution < 1.29 is 13.5 Å². The lowest BCUT2D eigenvalue weighted by molar-refractivity contribution is 0.294. The van der Waals surface area contributed by atoms with Crippen molar-refractivity contribution in [2.24, 2.45) is 0 Å². The molecule has 0 spiro atoms. The molecule has 0 aliphatic rings. The van der Waals surface area contributed by atoms with Crippen molar-refractivity contribution in [3.05, 3.63) is 65.7 Å². The Kier molecular flexibility index (Phi) is 4.80. The van der Waals surface area contributed by atoms with Gasteiger partial charge in [-0.2, -0.15) is 12.6 Å². The molecule has 1 atom stereocenters. The van der Waals surface area contributed by atoms with Crippen LogP contribution in [0.3, 0.4) is 0 Å². The maximum Gasteiger partial charge on any atom is 0.129 e. The minimum Gasteiger partial charge on any atom is -0.493 e. The van der Waals surface area contributed by atoms with Gasteiger partial charge in [0.1, 0.15) is 17.4 Å². The molecule has 0 saturated heterocycles. The SMILES string of the molecule is Fc1cc(F)cc(OCC(CS)c2ccccc2)c1. The van der Waals surface area contributed by atoms with Crippen LogP contribution in [0.25, 0.3) is 0 Å². The number of hydrogen-bond acceptors (Lipinski definition) is 2. The van der Waals surface area contributed by atoms with E-state index < -0.39 is 11.6 Å². The van der Waals surface area contributed by atoms with Crippen LogP contribution < -0.4 is 4.74 Å². The first-order valence-corrected chi connectivity index (χ1v) is 6.57. The fourth-order valence-electron chi connectivity index (χ4n) is 1.79. The number of hydrogen-bond donors (Lipinski definition) is 1. The molecule has 0 saturated carbocycles. The van der Waals surface area contributed by atoms with E-state index in [1.165, 1.54) is 12.1 Å². The van der Waals surface area contributed by atoms with E-state index in [-0.39, 0.29) is 11.7 Å². The van der Waals surface area contributed by atoms with Crippen LogP contribution in [0.5, 0.6) is 5.75 Å². The lowest BCUT2D eigenvalue weighted by atomic mass is 10.0. The molecule has 0 aliphatic heterocycles. The topological polar surface area (TPSA) is 9.23 Å². The van der Waals surface area contributed by atoms with Crippen molar-refractivity contribution in [1.29, 1.82) is 0 Å². The van der Waals surface area contributed by atoms with Gasteiger partial charge in [0, 0.05) is 29.9 Å². The Morgan fingerprint density at radius 3 is 2.21 bits per heavy atom. The minimum atomic E-state index is -0.642. The summed E-state index contributed by atoms with van der Waals surface area (Å²) in [7, 11) is 0. The van der Waals surface area contributed by atoms with Gasteiger partial charge in [-0.1, -0.05) is 30.3 Å². The zero-order valence-electron chi connectivity index (χ0n) is 10.2. The Morgan fingerprint density at radius 2 is 1.63 bits per heavy atom. The number of ether oxygens (including phenoxy) is 1. The Hall–Kier alpha value is -1.55. The van der Waals surface area contributed by atoms with E-state index in [2.05, 4.69) is 12.6 Å². The largest absolute Gasteiger partial charge is 0.493 e. The van der Waals surface area contributed by atoms with Crippen LogP contribution in [0.1, 0.15) is 11.5 Å². The molecule has 0 heterocycles. The van der Waals surface area contributed by atoms with Crippen LogP contribution in [0.15, 0.2) is 48.5 Å². The van der Waals surface area contributed by atoms with Gasteiger partial charge < -0.3 is 4.74 Å². The molecule has 2 rings (SSSR count). The summed E-state index contributed by atoms with van der Waals surface area (Å²) < 4.78 is 31.5. The molecular weight excluding hydrogens is 266 g/mol. The minimum absolute atomic E-state index is 0.0795. The average molecular weight is 280 g/mol. The third kappa shape index (κ3) is 3.96. The second-order valence-corrected chi connectivity index (χ2v) is 4.57. The van der Waals surface area contributed by atoms with Crippen LogP contribution in [-0.4, -0.2) is 12.4 Å². The number of benzene rings is 2. The molecule has 0 bridgehead atoms. The predicted molar refractivity (Wildman–Crippen MR) is 74.9 cm³/mol. The van der Waals surface area contributed by atoms with Gasteiger partial charge in [-0.05, 0) is 5.56 Å². The Morgan fingerprint density at radius 1 is 1.00 bits per heavy atom. The van der Waals surface area contributed by atoms with Crippen molar-refractivity contribution in [3.8, 4) is 5.75 Å². The maximum absolute atomic E-state index is 13.0. The molecule has 19 heavy (non-hydrogen) atoms. The monoisotopic (exact) mass is 280 g/mol. The highest BCUT2D eigenvalue weighted by Gasteiger charge is 2.11. The summed E-state index contributed by atoms with van der Waals surface area (Å²) in [5.41, 5.74) is 1.09. The molecule has 0 N–H and O–H groups in total. The lowest BCUT2D eigenvalue weighted by Gasteiger charge is -2.16. The van der Waals surface area contributed by atoms with E-state index in [0.717, 1.165) is 11.6 Å². The van der Waals surface area contributed by atoms with Crippen LogP contribution in [-0.2, 0) is 0 Å². The fraction of sp³-hybridized carbons (Fsp3) is 0.200. The highest BCUT2D eigenvalue weighted by Crippen LogP contribution is 2.21. The van der Waals surface area contributed by atoms with E-state index in [4.69, 9.17) is 4.74 Å². The van der Waals surface area contributed by atoms with E-state index >= 15 is 0 Å². The zero-order chi connectivity index (χ0) is 13.7. The molecule has 2 aromatic carbocycles. The van der Waals surface area contributed by atoms with Crippen LogP contribution in [0.4, 0.5) is 8.78 Å². The summed E-state index contributed by atoms with van der Waals surface area (Å²) in [5.74, 6) is -0.410. The second kappa shape index (κ2) is 6.57. The highest BCUT2D eigenvalue weighted by atomic mass is 32.1. The first-order chi connectivity index (χ1) is 9.19. The number of halogens is 2. The molecule has 0 fully saturated rings. The molecule has 0 aromatic heterocycles. The molecule has 2 aromatic rings. The molecule has 0 amide bonds. The van der Waals surface area contributed by atoms with Crippen LogP contribution in [0, 0.1) is 11.6 Å². The summed E-state index contributed by atoms with van der Waals surface area (Å²) in [6.07, 6.45) is 0. The lowest BCUT2D eigenvalue weighted by Crippen LogP contribution is -2.12. The van der Waals surface area contributed by atoms with E-state index in [9.17, 15) is 8.78 Å². The second-order valence-electron chi connectivity index (χ2n) is 4.21. The van der Waals surface area contributed by atoms with Gasteiger partial charge in [0.15, 0.2) is 0 Å². The molecular formula is C15H14F2OS. The van der Waals surface area contributed by atoms with Gasteiger partial charge in [0.2, 0.25) is 0 Å². The molecule has 1 nitrogen and oxygen atoms in total. The van der Waals surface area contributed by atoms with Gasteiger partial charge in [-0.15, -0.1) is 0 Å². The van der Waals surface area contributed by atoms with Crippen molar-refractivity contribution in [2.75, 3.05) is 12.4 Å². The van der Waals surface area contributed by atoms with Gasteiger partial charge in [-0.25, -0.2) is 8.78 Å². The summed E-state index contributed by atoms with van der Waals surface area (Å²) >= 11 is 4.29. The van der Waals surface area contributed by atoms with Crippen LogP contribution in [0.2, 0.25) is 0 Å². The summed E-state index contributed by atoms with van der Waals surface area (Å²) in [6.45, 7) is 0.330. The average Bonchev–Trinajstić information content (AvgIpc) is 2.39. The first kappa shape index (κ1) is 13.9. The summed E-state index contributed by atoms with van der Waals surface area (Å²) in [6, 6.07) is 12.9. The molecule has 100 valence electrons. The molecule has 0 radical (unpaired) electrons. The van der Waals surface area contributed by atoms with Crippen molar-refractivity contribution >= 4 is 12.6 Å². The van der Waals surface area contributed by atoms with Crippen LogP contribution >= 0.6 is 12.6 Å². The quantitative estimate of drug-likeness (QED) is 0.813. The van der Waals surface area contributed by atoms with Gasteiger partial charge >= 0.3 is 0 Å². The summed E-state index contributed by atoms with van der Waals surface area (Å²) in [5, 5.41) is 0. The smallest absolute Gasteiger partial charge is 0.129 e. The van der Waals surface area contributed by atoms with E-state index in [0.29, 0.717) is 12.4 Å². The zero-order valence-corrected chi connectivity index (χ0v) is 11.1. The number of thiol groups is 1. The Labute approximate surface area is 116 Å². The molecule has 4 heteroatoms. The van der Waals surface area contributed by atoms with Gasteiger partial charge in [-0.3, -0.25) is 0 Å². The normalized spacial score (nSPS) is 12.2. The number of rotatable bonds is 5. The van der Waals surface area contributed by atoms with E-state index in [1.54, 1.807) is 0 Å². The van der Waals surface area contributed by atoms with Crippen molar-refractivity contribution in [3.63, 3.8) is 0 Å². The Balaban J connectivity index is 2.04. The maximum atomic E-state index is 13.0. The highest BCUT2D eigenvalue weighted by molar-refractivity contribution is 7.80.